The van der Waals surface area contributed by atoms with Crippen LogP contribution in [0.2, 0.25) is 0 Å². The Morgan fingerprint density at radius 2 is 1.82 bits per heavy atom. The van der Waals surface area contributed by atoms with Crippen LogP contribution in [0, 0.1) is 11.8 Å². The molecule has 1 aliphatic carbocycles. The SMILES string of the molecule is CN=C(NCCC(=O)NC(C)C)N1CC2CCCCC2C1.I. The monoisotopic (exact) mass is 422 g/mol. The second-order valence-electron chi connectivity index (χ2n) is 6.66. The van der Waals surface area contributed by atoms with Gasteiger partial charge in [-0.15, -0.1) is 24.0 Å². The number of hydrogen-bond acceptors (Lipinski definition) is 2. The van der Waals surface area contributed by atoms with E-state index in [4.69, 9.17) is 0 Å². The van der Waals surface area contributed by atoms with Crippen LogP contribution in [-0.2, 0) is 4.79 Å². The number of halogens is 1. The van der Waals surface area contributed by atoms with E-state index >= 15 is 0 Å². The molecule has 2 fully saturated rings. The number of carbonyl (C=O) groups is 1. The Bertz CT molecular complexity index is 372. The normalized spacial score (nSPS) is 24.7. The van der Waals surface area contributed by atoms with E-state index in [1.54, 1.807) is 0 Å². The third-order valence-electron chi connectivity index (χ3n) is 4.57. The molecule has 6 heteroatoms. The topological polar surface area (TPSA) is 56.7 Å². The van der Waals surface area contributed by atoms with E-state index < -0.39 is 0 Å². The van der Waals surface area contributed by atoms with Crippen molar-refractivity contribution in [3.8, 4) is 0 Å². The Hall–Kier alpha value is -0.530. The molecule has 0 aromatic rings. The fourth-order valence-corrected chi connectivity index (χ4v) is 3.59. The summed E-state index contributed by atoms with van der Waals surface area (Å²) in [5, 5.41) is 6.25. The summed E-state index contributed by atoms with van der Waals surface area (Å²) in [5.74, 6) is 2.76. The van der Waals surface area contributed by atoms with Crippen molar-refractivity contribution >= 4 is 35.8 Å². The van der Waals surface area contributed by atoms with Gasteiger partial charge in [0.2, 0.25) is 5.91 Å². The highest BCUT2D eigenvalue weighted by atomic mass is 127. The van der Waals surface area contributed by atoms with Gasteiger partial charge >= 0.3 is 0 Å². The van der Waals surface area contributed by atoms with Gasteiger partial charge in [0.1, 0.15) is 0 Å². The molecule has 0 aromatic carbocycles. The molecule has 0 radical (unpaired) electrons. The first-order chi connectivity index (χ1) is 10.1. The molecule has 1 aliphatic heterocycles. The van der Waals surface area contributed by atoms with Gasteiger partial charge in [-0.3, -0.25) is 9.79 Å². The number of nitrogens with zero attached hydrogens (tertiary/aromatic N) is 2. The molecule has 2 atom stereocenters. The van der Waals surface area contributed by atoms with Gasteiger partial charge in [0.15, 0.2) is 5.96 Å². The van der Waals surface area contributed by atoms with Crippen molar-refractivity contribution < 1.29 is 4.79 Å². The summed E-state index contributed by atoms with van der Waals surface area (Å²) in [4.78, 5) is 18.4. The summed E-state index contributed by atoms with van der Waals surface area (Å²) >= 11 is 0. The molecule has 1 amide bonds. The number of nitrogens with one attached hydrogen (secondary N) is 2. The molecular weight excluding hydrogens is 391 g/mol. The lowest BCUT2D eigenvalue weighted by atomic mass is 9.82. The third-order valence-corrected chi connectivity index (χ3v) is 4.57. The molecular formula is C16H31IN4O. The molecule has 0 bridgehead atoms. The zero-order chi connectivity index (χ0) is 15.2. The molecule has 0 spiro atoms. The number of hydrogen-bond donors (Lipinski definition) is 2. The lowest BCUT2D eigenvalue weighted by Gasteiger charge is -2.22. The van der Waals surface area contributed by atoms with Crippen LogP contribution in [-0.4, -0.2) is 49.5 Å². The summed E-state index contributed by atoms with van der Waals surface area (Å²) in [6, 6.07) is 0.207. The van der Waals surface area contributed by atoms with Gasteiger partial charge in [0.05, 0.1) is 0 Å². The van der Waals surface area contributed by atoms with Crippen LogP contribution in [0.4, 0.5) is 0 Å². The van der Waals surface area contributed by atoms with E-state index in [1.807, 2.05) is 20.9 Å². The standard InChI is InChI=1S/C16H30N4O.HI/c1-12(2)19-15(21)8-9-18-16(17-3)20-10-13-6-4-5-7-14(13)11-20;/h12-14H,4-11H2,1-3H3,(H,17,18)(H,19,21);1H. The van der Waals surface area contributed by atoms with Crippen molar-refractivity contribution in [2.45, 2.75) is 52.0 Å². The van der Waals surface area contributed by atoms with Gasteiger partial charge in [-0.2, -0.15) is 0 Å². The first kappa shape index (κ1) is 19.5. The number of likely N-dealkylation sites (tertiary alicyclic amines) is 1. The molecule has 2 unspecified atom stereocenters. The van der Waals surface area contributed by atoms with Gasteiger partial charge in [-0.1, -0.05) is 12.8 Å². The number of amides is 1. The van der Waals surface area contributed by atoms with Crippen LogP contribution in [0.15, 0.2) is 4.99 Å². The quantitative estimate of drug-likeness (QED) is 0.415. The second kappa shape index (κ2) is 9.57. The van der Waals surface area contributed by atoms with Crippen LogP contribution >= 0.6 is 24.0 Å². The lowest BCUT2D eigenvalue weighted by Crippen LogP contribution is -2.42. The van der Waals surface area contributed by atoms with Crippen LogP contribution in [0.25, 0.3) is 0 Å². The Morgan fingerprint density at radius 3 is 2.32 bits per heavy atom. The molecule has 22 heavy (non-hydrogen) atoms. The van der Waals surface area contributed by atoms with E-state index in [-0.39, 0.29) is 35.9 Å². The van der Waals surface area contributed by atoms with Crippen LogP contribution in [0.5, 0.6) is 0 Å². The molecule has 2 aliphatic rings. The first-order valence-electron chi connectivity index (χ1n) is 8.35. The van der Waals surface area contributed by atoms with Gasteiger partial charge < -0.3 is 15.5 Å². The number of rotatable bonds is 4. The fourth-order valence-electron chi connectivity index (χ4n) is 3.59. The van der Waals surface area contributed by atoms with Crippen molar-refractivity contribution in [2.75, 3.05) is 26.7 Å². The minimum absolute atomic E-state index is 0. The summed E-state index contributed by atoms with van der Waals surface area (Å²) in [5.41, 5.74) is 0. The zero-order valence-electron chi connectivity index (χ0n) is 14.1. The molecule has 5 nitrogen and oxygen atoms in total. The minimum atomic E-state index is 0. The smallest absolute Gasteiger partial charge is 0.221 e. The molecule has 1 saturated heterocycles. The average Bonchev–Trinajstić information content (AvgIpc) is 2.86. The maximum absolute atomic E-state index is 11.6. The summed E-state index contributed by atoms with van der Waals surface area (Å²) < 4.78 is 0. The van der Waals surface area contributed by atoms with Gasteiger partial charge in [0.25, 0.3) is 0 Å². The predicted molar refractivity (Wildman–Crippen MR) is 102 cm³/mol. The minimum Gasteiger partial charge on any atom is -0.356 e. The molecule has 2 rings (SSSR count). The number of guanidine groups is 1. The predicted octanol–water partition coefficient (Wildman–Crippen LogP) is 2.22. The maximum Gasteiger partial charge on any atom is 0.221 e. The number of fused-ring (bicyclic) bond motifs is 1. The average molecular weight is 422 g/mol. The lowest BCUT2D eigenvalue weighted by molar-refractivity contribution is -0.121. The van der Waals surface area contributed by atoms with Crippen LogP contribution in [0.1, 0.15) is 46.0 Å². The van der Waals surface area contributed by atoms with Gasteiger partial charge in [-0.25, -0.2) is 0 Å². The van der Waals surface area contributed by atoms with E-state index in [9.17, 15) is 4.79 Å². The molecule has 0 aromatic heterocycles. The van der Waals surface area contributed by atoms with E-state index in [0.29, 0.717) is 13.0 Å². The maximum atomic E-state index is 11.6. The Labute approximate surface area is 151 Å². The van der Waals surface area contributed by atoms with E-state index in [1.165, 1.54) is 25.7 Å². The van der Waals surface area contributed by atoms with E-state index in [2.05, 4.69) is 20.5 Å². The van der Waals surface area contributed by atoms with Crippen molar-refractivity contribution in [2.24, 2.45) is 16.8 Å². The van der Waals surface area contributed by atoms with Crippen LogP contribution < -0.4 is 10.6 Å². The number of aliphatic imine (C=N–C) groups is 1. The Balaban J connectivity index is 0.00000242. The first-order valence-corrected chi connectivity index (χ1v) is 8.35. The van der Waals surface area contributed by atoms with Crippen molar-refractivity contribution in [1.29, 1.82) is 0 Å². The van der Waals surface area contributed by atoms with Crippen molar-refractivity contribution in [1.82, 2.24) is 15.5 Å². The Kier molecular flexibility index (Phi) is 8.49. The highest BCUT2D eigenvalue weighted by molar-refractivity contribution is 14.0. The molecule has 1 heterocycles. The van der Waals surface area contributed by atoms with Crippen molar-refractivity contribution in [3.05, 3.63) is 0 Å². The molecule has 128 valence electrons. The fraction of sp³-hybridized carbons (Fsp3) is 0.875. The number of carbonyl (C=O) groups excluding carboxylic acids is 1. The zero-order valence-corrected chi connectivity index (χ0v) is 16.4. The molecule has 1 saturated carbocycles. The highest BCUT2D eigenvalue weighted by Gasteiger charge is 2.35. The van der Waals surface area contributed by atoms with Gasteiger partial charge in [0, 0.05) is 39.1 Å². The highest BCUT2D eigenvalue weighted by Crippen LogP contribution is 2.35. The summed E-state index contributed by atoms with van der Waals surface area (Å²) in [6.07, 6.45) is 6.01. The summed E-state index contributed by atoms with van der Waals surface area (Å²) in [7, 11) is 1.83. The molecule has 2 N–H and O–H groups in total. The van der Waals surface area contributed by atoms with Gasteiger partial charge in [-0.05, 0) is 38.5 Å². The largest absolute Gasteiger partial charge is 0.356 e. The van der Waals surface area contributed by atoms with Crippen molar-refractivity contribution in [3.63, 3.8) is 0 Å². The Morgan fingerprint density at radius 1 is 1.23 bits per heavy atom. The second-order valence-corrected chi connectivity index (χ2v) is 6.66. The van der Waals surface area contributed by atoms with Crippen LogP contribution in [0.3, 0.4) is 0 Å². The summed E-state index contributed by atoms with van der Waals surface area (Å²) in [6.45, 7) is 6.87. The third kappa shape index (κ3) is 5.59. The van der Waals surface area contributed by atoms with E-state index in [0.717, 1.165) is 30.9 Å².